The molecule has 0 spiro atoms. The van der Waals surface area contributed by atoms with Crippen LogP contribution in [0.25, 0.3) is 0 Å². The summed E-state index contributed by atoms with van der Waals surface area (Å²) in [4.78, 5) is 12.4. The van der Waals surface area contributed by atoms with Crippen LogP contribution in [-0.4, -0.2) is 45.0 Å². The largest absolute Gasteiger partial charge is 0.491 e. The van der Waals surface area contributed by atoms with Gasteiger partial charge in [0, 0.05) is 24.5 Å². The number of benzene rings is 2. The molecular formula is C22H27NO5. The first-order chi connectivity index (χ1) is 13.7. The van der Waals surface area contributed by atoms with Crippen LogP contribution in [0.4, 0.5) is 5.69 Å². The summed E-state index contributed by atoms with van der Waals surface area (Å²) in [6, 6.07) is 14.4. The molecule has 150 valence electrons. The fourth-order valence-electron chi connectivity index (χ4n) is 2.87. The van der Waals surface area contributed by atoms with E-state index in [0.29, 0.717) is 43.4 Å². The molecule has 0 aliphatic carbocycles. The maximum Gasteiger partial charge on any atom is 0.255 e. The lowest BCUT2D eigenvalue weighted by Crippen LogP contribution is -2.16. The second-order valence-electron chi connectivity index (χ2n) is 6.49. The first kappa shape index (κ1) is 20.2. The highest BCUT2D eigenvalue weighted by Gasteiger charge is 2.16. The second kappa shape index (κ2) is 10.7. The summed E-state index contributed by atoms with van der Waals surface area (Å²) < 4.78 is 22.1. The normalized spacial score (nSPS) is 16.0. The van der Waals surface area contributed by atoms with E-state index < -0.39 is 0 Å². The van der Waals surface area contributed by atoms with Gasteiger partial charge in [-0.25, -0.2) is 0 Å². The monoisotopic (exact) mass is 385 g/mol. The van der Waals surface area contributed by atoms with E-state index in [1.165, 1.54) is 0 Å². The summed E-state index contributed by atoms with van der Waals surface area (Å²) in [6.45, 7) is 5.03. The predicted molar refractivity (Wildman–Crippen MR) is 107 cm³/mol. The average Bonchev–Trinajstić information content (AvgIpc) is 3.25. The van der Waals surface area contributed by atoms with Gasteiger partial charge < -0.3 is 24.3 Å². The number of ether oxygens (including phenoxy) is 4. The molecule has 1 amide bonds. The smallest absolute Gasteiger partial charge is 0.255 e. The highest BCUT2D eigenvalue weighted by Crippen LogP contribution is 2.19. The molecule has 2 aromatic rings. The molecule has 1 fully saturated rings. The van der Waals surface area contributed by atoms with Crippen molar-refractivity contribution < 1.29 is 23.7 Å². The Balaban J connectivity index is 1.45. The Kier molecular flexibility index (Phi) is 7.70. The van der Waals surface area contributed by atoms with Gasteiger partial charge in [0.1, 0.15) is 24.7 Å². The second-order valence-corrected chi connectivity index (χ2v) is 6.49. The van der Waals surface area contributed by atoms with Crippen LogP contribution in [0, 0.1) is 0 Å². The van der Waals surface area contributed by atoms with Crippen molar-refractivity contribution in [1.29, 1.82) is 0 Å². The molecule has 1 aliphatic heterocycles. The van der Waals surface area contributed by atoms with Gasteiger partial charge in [-0.3, -0.25) is 4.79 Å². The number of hydrogen-bond acceptors (Lipinski definition) is 5. The van der Waals surface area contributed by atoms with Gasteiger partial charge in [-0.15, -0.1) is 0 Å². The third-order valence-corrected chi connectivity index (χ3v) is 4.39. The molecule has 0 saturated carbocycles. The van der Waals surface area contributed by atoms with E-state index in [0.717, 1.165) is 25.2 Å². The summed E-state index contributed by atoms with van der Waals surface area (Å²) in [5.41, 5.74) is 1.28. The topological polar surface area (TPSA) is 66.0 Å². The van der Waals surface area contributed by atoms with Crippen LogP contribution in [0.1, 0.15) is 30.1 Å². The van der Waals surface area contributed by atoms with Crippen LogP contribution < -0.4 is 14.8 Å². The Labute approximate surface area is 165 Å². The number of anilines is 1. The molecule has 3 rings (SSSR count). The van der Waals surface area contributed by atoms with E-state index in [9.17, 15) is 4.79 Å². The van der Waals surface area contributed by atoms with Crippen molar-refractivity contribution in [3.05, 3.63) is 54.1 Å². The molecule has 1 atom stereocenters. The van der Waals surface area contributed by atoms with Crippen LogP contribution in [0.15, 0.2) is 48.5 Å². The number of nitrogens with one attached hydrogen (secondary N) is 1. The van der Waals surface area contributed by atoms with Gasteiger partial charge >= 0.3 is 0 Å². The Morgan fingerprint density at radius 1 is 1.04 bits per heavy atom. The van der Waals surface area contributed by atoms with Crippen molar-refractivity contribution >= 4 is 11.6 Å². The van der Waals surface area contributed by atoms with Crippen LogP contribution in [0.2, 0.25) is 0 Å². The van der Waals surface area contributed by atoms with E-state index in [2.05, 4.69) is 5.32 Å². The van der Waals surface area contributed by atoms with Gasteiger partial charge in [-0.2, -0.15) is 0 Å². The Morgan fingerprint density at radius 3 is 2.43 bits per heavy atom. The van der Waals surface area contributed by atoms with Gasteiger partial charge in [0.05, 0.1) is 12.7 Å². The van der Waals surface area contributed by atoms with Gasteiger partial charge in [-0.1, -0.05) is 0 Å². The summed E-state index contributed by atoms with van der Waals surface area (Å²) in [5, 5.41) is 2.88. The lowest BCUT2D eigenvalue weighted by atomic mass is 10.2. The fourth-order valence-corrected chi connectivity index (χ4v) is 2.87. The summed E-state index contributed by atoms with van der Waals surface area (Å²) in [6.07, 6.45) is 2.33. The maximum atomic E-state index is 12.4. The lowest BCUT2D eigenvalue weighted by Gasteiger charge is -2.12. The quantitative estimate of drug-likeness (QED) is 0.628. The SMILES string of the molecule is CCOCCOc1ccc(C(=O)Nc2ccc(OCC3CCCO3)cc2)cc1. The number of amides is 1. The van der Waals surface area contributed by atoms with Gasteiger partial charge in [0.2, 0.25) is 0 Å². The molecule has 0 aromatic heterocycles. The predicted octanol–water partition coefficient (Wildman–Crippen LogP) is 3.91. The molecule has 1 heterocycles. The van der Waals surface area contributed by atoms with E-state index in [-0.39, 0.29) is 12.0 Å². The summed E-state index contributed by atoms with van der Waals surface area (Å²) in [5.74, 6) is 1.31. The summed E-state index contributed by atoms with van der Waals surface area (Å²) in [7, 11) is 0. The Bertz CT molecular complexity index is 724. The fraction of sp³-hybridized carbons (Fsp3) is 0.409. The minimum Gasteiger partial charge on any atom is -0.491 e. The first-order valence-electron chi connectivity index (χ1n) is 9.71. The zero-order chi connectivity index (χ0) is 19.6. The molecule has 28 heavy (non-hydrogen) atoms. The molecule has 2 aromatic carbocycles. The van der Waals surface area contributed by atoms with Crippen LogP contribution >= 0.6 is 0 Å². The van der Waals surface area contributed by atoms with Gasteiger partial charge in [0.25, 0.3) is 5.91 Å². The van der Waals surface area contributed by atoms with E-state index in [1.807, 2.05) is 31.2 Å². The van der Waals surface area contributed by atoms with Crippen molar-refractivity contribution in [2.45, 2.75) is 25.9 Å². The molecule has 6 nitrogen and oxygen atoms in total. The number of carbonyl (C=O) groups is 1. The highest BCUT2D eigenvalue weighted by molar-refractivity contribution is 6.04. The van der Waals surface area contributed by atoms with E-state index in [1.54, 1.807) is 24.3 Å². The molecule has 0 bridgehead atoms. The van der Waals surface area contributed by atoms with Crippen molar-refractivity contribution in [2.24, 2.45) is 0 Å². The lowest BCUT2D eigenvalue weighted by molar-refractivity contribution is 0.0679. The third kappa shape index (κ3) is 6.25. The van der Waals surface area contributed by atoms with E-state index >= 15 is 0 Å². The Hall–Kier alpha value is -2.57. The zero-order valence-corrected chi connectivity index (χ0v) is 16.2. The van der Waals surface area contributed by atoms with Crippen molar-refractivity contribution in [2.75, 3.05) is 38.4 Å². The van der Waals surface area contributed by atoms with Crippen LogP contribution in [0.3, 0.4) is 0 Å². The van der Waals surface area contributed by atoms with Crippen molar-refractivity contribution in [3.8, 4) is 11.5 Å². The first-order valence-corrected chi connectivity index (χ1v) is 9.71. The average molecular weight is 385 g/mol. The maximum absolute atomic E-state index is 12.4. The molecule has 1 aliphatic rings. The Morgan fingerprint density at radius 2 is 1.75 bits per heavy atom. The molecule has 1 unspecified atom stereocenters. The number of rotatable bonds is 10. The molecular weight excluding hydrogens is 358 g/mol. The molecule has 6 heteroatoms. The number of hydrogen-bond donors (Lipinski definition) is 1. The molecule has 1 saturated heterocycles. The minimum absolute atomic E-state index is 0.172. The number of carbonyl (C=O) groups excluding carboxylic acids is 1. The van der Waals surface area contributed by atoms with Gasteiger partial charge in [0.15, 0.2) is 0 Å². The molecule has 1 N–H and O–H groups in total. The van der Waals surface area contributed by atoms with Crippen LogP contribution in [-0.2, 0) is 9.47 Å². The van der Waals surface area contributed by atoms with E-state index in [4.69, 9.17) is 18.9 Å². The minimum atomic E-state index is -0.172. The molecule has 0 radical (unpaired) electrons. The highest BCUT2D eigenvalue weighted by atomic mass is 16.5. The van der Waals surface area contributed by atoms with Crippen molar-refractivity contribution in [1.82, 2.24) is 0 Å². The standard InChI is InChI=1S/C22H27NO5/c1-2-25-14-15-27-19-9-5-17(6-10-19)22(24)23-18-7-11-20(12-8-18)28-16-21-4-3-13-26-21/h5-12,21H,2-4,13-16H2,1H3,(H,23,24). The zero-order valence-electron chi connectivity index (χ0n) is 16.2. The van der Waals surface area contributed by atoms with Crippen LogP contribution in [0.5, 0.6) is 11.5 Å². The van der Waals surface area contributed by atoms with Crippen molar-refractivity contribution in [3.63, 3.8) is 0 Å². The third-order valence-electron chi connectivity index (χ3n) is 4.39. The van der Waals surface area contributed by atoms with Gasteiger partial charge in [-0.05, 0) is 68.3 Å². The summed E-state index contributed by atoms with van der Waals surface area (Å²) >= 11 is 0.